The SMILES string of the molecule is Cc1ccc(C(=O)Nc2ccc(F)c(C(N)=S)c2)cc1Br. The van der Waals surface area contributed by atoms with Crippen molar-refractivity contribution in [3.8, 4) is 0 Å². The number of carbonyl (C=O) groups is 1. The van der Waals surface area contributed by atoms with Crippen LogP contribution < -0.4 is 11.1 Å². The van der Waals surface area contributed by atoms with E-state index in [1.54, 1.807) is 12.1 Å². The second-order valence-electron chi connectivity index (χ2n) is 4.48. The predicted molar refractivity (Wildman–Crippen MR) is 89.1 cm³/mol. The minimum absolute atomic E-state index is 0.0540. The summed E-state index contributed by atoms with van der Waals surface area (Å²) in [6.45, 7) is 1.93. The van der Waals surface area contributed by atoms with Crippen LogP contribution in [0.25, 0.3) is 0 Å². The van der Waals surface area contributed by atoms with Crippen molar-refractivity contribution >= 4 is 44.7 Å². The number of nitrogens with two attached hydrogens (primary N) is 1. The number of nitrogens with one attached hydrogen (secondary N) is 1. The maximum Gasteiger partial charge on any atom is 0.255 e. The van der Waals surface area contributed by atoms with Crippen molar-refractivity contribution in [2.45, 2.75) is 6.92 Å². The van der Waals surface area contributed by atoms with E-state index in [4.69, 9.17) is 18.0 Å². The molecule has 0 aliphatic rings. The van der Waals surface area contributed by atoms with E-state index in [1.165, 1.54) is 18.2 Å². The molecule has 0 atom stereocenters. The van der Waals surface area contributed by atoms with Crippen LogP contribution in [0.3, 0.4) is 0 Å². The zero-order valence-electron chi connectivity index (χ0n) is 11.1. The second-order valence-corrected chi connectivity index (χ2v) is 5.77. The summed E-state index contributed by atoms with van der Waals surface area (Å²) in [5.41, 5.74) is 7.50. The molecule has 1 amide bonds. The number of aryl methyl sites for hydroxylation is 1. The van der Waals surface area contributed by atoms with Crippen LogP contribution in [0.4, 0.5) is 10.1 Å². The van der Waals surface area contributed by atoms with E-state index in [9.17, 15) is 9.18 Å². The van der Waals surface area contributed by atoms with Gasteiger partial charge in [0.05, 0.1) is 0 Å². The van der Waals surface area contributed by atoms with Crippen molar-refractivity contribution in [2.24, 2.45) is 5.73 Å². The lowest BCUT2D eigenvalue weighted by Gasteiger charge is -2.09. The first-order valence-electron chi connectivity index (χ1n) is 6.05. The van der Waals surface area contributed by atoms with Crippen LogP contribution in [0, 0.1) is 12.7 Å². The van der Waals surface area contributed by atoms with Crippen LogP contribution in [0.2, 0.25) is 0 Å². The molecule has 0 heterocycles. The van der Waals surface area contributed by atoms with Crippen LogP contribution in [0.15, 0.2) is 40.9 Å². The third-order valence-electron chi connectivity index (χ3n) is 2.92. The van der Waals surface area contributed by atoms with Gasteiger partial charge >= 0.3 is 0 Å². The number of amides is 1. The fraction of sp³-hybridized carbons (Fsp3) is 0.0667. The number of hydrogen-bond acceptors (Lipinski definition) is 2. The van der Waals surface area contributed by atoms with E-state index < -0.39 is 5.82 Å². The monoisotopic (exact) mass is 366 g/mol. The van der Waals surface area contributed by atoms with Gasteiger partial charge in [-0.15, -0.1) is 0 Å². The summed E-state index contributed by atoms with van der Waals surface area (Å²) < 4.78 is 14.3. The first-order chi connectivity index (χ1) is 9.88. The van der Waals surface area contributed by atoms with Gasteiger partial charge in [-0.25, -0.2) is 4.39 Å². The minimum Gasteiger partial charge on any atom is -0.389 e. The van der Waals surface area contributed by atoms with Gasteiger partial charge in [0, 0.05) is 21.3 Å². The molecular formula is C15H12BrFN2OS. The molecule has 0 aliphatic heterocycles. The average Bonchev–Trinajstić information content (AvgIpc) is 2.43. The molecule has 0 unspecified atom stereocenters. The van der Waals surface area contributed by atoms with E-state index in [0.29, 0.717) is 11.3 Å². The molecule has 0 saturated heterocycles. The third kappa shape index (κ3) is 3.65. The first kappa shape index (κ1) is 15.6. The van der Waals surface area contributed by atoms with Gasteiger partial charge in [-0.2, -0.15) is 0 Å². The second kappa shape index (κ2) is 6.32. The highest BCUT2D eigenvalue weighted by molar-refractivity contribution is 9.10. The van der Waals surface area contributed by atoms with E-state index in [-0.39, 0.29) is 16.5 Å². The zero-order valence-corrected chi connectivity index (χ0v) is 13.5. The molecule has 3 nitrogen and oxygen atoms in total. The fourth-order valence-corrected chi connectivity index (χ4v) is 2.26. The molecule has 3 N–H and O–H groups in total. The predicted octanol–water partition coefficient (Wildman–Crippen LogP) is 3.78. The van der Waals surface area contributed by atoms with Crippen LogP contribution >= 0.6 is 28.1 Å². The van der Waals surface area contributed by atoms with Gasteiger partial charge in [0.15, 0.2) is 0 Å². The molecule has 0 fully saturated rings. The lowest BCUT2D eigenvalue weighted by atomic mass is 10.1. The fourth-order valence-electron chi connectivity index (χ4n) is 1.73. The molecule has 2 aromatic rings. The Morgan fingerprint density at radius 3 is 2.62 bits per heavy atom. The maximum atomic E-state index is 13.5. The van der Waals surface area contributed by atoms with Crippen molar-refractivity contribution in [3.05, 3.63) is 63.4 Å². The van der Waals surface area contributed by atoms with E-state index in [0.717, 1.165) is 10.0 Å². The topological polar surface area (TPSA) is 55.1 Å². The Morgan fingerprint density at radius 2 is 2.00 bits per heavy atom. The summed E-state index contributed by atoms with van der Waals surface area (Å²) in [7, 11) is 0. The minimum atomic E-state index is -0.515. The molecule has 21 heavy (non-hydrogen) atoms. The summed E-state index contributed by atoms with van der Waals surface area (Å²) in [6.07, 6.45) is 0. The smallest absolute Gasteiger partial charge is 0.255 e. The zero-order chi connectivity index (χ0) is 15.6. The molecule has 0 aromatic heterocycles. The van der Waals surface area contributed by atoms with Crippen molar-refractivity contribution in [1.29, 1.82) is 0 Å². The van der Waals surface area contributed by atoms with Gasteiger partial charge in [-0.1, -0.05) is 34.2 Å². The Morgan fingerprint density at radius 1 is 1.29 bits per heavy atom. The highest BCUT2D eigenvalue weighted by atomic mass is 79.9. The highest BCUT2D eigenvalue weighted by Gasteiger charge is 2.10. The van der Waals surface area contributed by atoms with Crippen molar-refractivity contribution in [1.82, 2.24) is 0 Å². The Kier molecular flexibility index (Phi) is 4.69. The molecule has 2 aromatic carbocycles. The number of rotatable bonds is 3. The quantitative estimate of drug-likeness (QED) is 0.812. The Hall–Kier alpha value is -1.79. The van der Waals surface area contributed by atoms with Gasteiger partial charge in [-0.05, 0) is 42.8 Å². The van der Waals surface area contributed by atoms with Gasteiger partial charge in [0.2, 0.25) is 0 Å². The van der Waals surface area contributed by atoms with Crippen LogP contribution in [0.1, 0.15) is 21.5 Å². The number of benzene rings is 2. The normalized spacial score (nSPS) is 10.2. The summed E-state index contributed by atoms with van der Waals surface area (Å²) in [5, 5.41) is 2.69. The standard InChI is InChI=1S/C15H12BrFN2OS/c1-8-2-3-9(6-12(8)16)15(20)19-10-4-5-13(17)11(7-10)14(18)21/h2-7H,1H3,(H2,18,21)(H,19,20). The van der Waals surface area contributed by atoms with Crippen molar-refractivity contribution < 1.29 is 9.18 Å². The molecule has 0 spiro atoms. The molecule has 0 aliphatic carbocycles. The number of halogens is 2. The van der Waals surface area contributed by atoms with Gasteiger partial charge in [-0.3, -0.25) is 4.79 Å². The van der Waals surface area contributed by atoms with E-state index in [1.807, 2.05) is 13.0 Å². The Balaban J connectivity index is 2.25. The molecule has 0 saturated carbocycles. The van der Waals surface area contributed by atoms with E-state index in [2.05, 4.69) is 21.2 Å². The third-order valence-corrected chi connectivity index (χ3v) is 4.00. The molecule has 6 heteroatoms. The van der Waals surface area contributed by atoms with E-state index >= 15 is 0 Å². The number of anilines is 1. The largest absolute Gasteiger partial charge is 0.389 e. The van der Waals surface area contributed by atoms with Crippen LogP contribution in [0.5, 0.6) is 0 Å². The Bertz CT molecular complexity index is 734. The molecule has 2 rings (SSSR count). The van der Waals surface area contributed by atoms with Crippen LogP contribution in [-0.4, -0.2) is 10.9 Å². The van der Waals surface area contributed by atoms with Gasteiger partial charge in [0.25, 0.3) is 5.91 Å². The number of thiocarbonyl (C=S) groups is 1. The summed E-state index contributed by atoms with van der Waals surface area (Å²) >= 11 is 8.14. The summed E-state index contributed by atoms with van der Waals surface area (Å²) in [5.74, 6) is -0.810. The number of carbonyl (C=O) groups excluding carboxylic acids is 1. The van der Waals surface area contributed by atoms with Crippen LogP contribution in [-0.2, 0) is 0 Å². The molecule has 108 valence electrons. The molecule has 0 bridgehead atoms. The highest BCUT2D eigenvalue weighted by Crippen LogP contribution is 2.19. The first-order valence-corrected chi connectivity index (χ1v) is 7.25. The van der Waals surface area contributed by atoms with Gasteiger partial charge in [0.1, 0.15) is 10.8 Å². The lowest BCUT2D eigenvalue weighted by Crippen LogP contribution is -2.15. The lowest BCUT2D eigenvalue weighted by molar-refractivity contribution is 0.102. The maximum absolute atomic E-state index is 13.5. The van der Waals surface area contributed by atoms with Gasteiger partial charge < -0.3 is 11.1 Å². The van der Waals surface area contributed by atoms with Crippen molar-refractivity contribution in [3.63, 3.8) is 0 Å². The average molecular weight is 367 g/mol. The van der Waals surface area contributed by atoms with Crippen molar-refractivity contribution in [2.75, 3.05) is 5.32 Å². The summed E-state index contributed by atoms with van der Waals surface area (Å²) in [6, 6.07) is 9.37. The number of hydrogen-bond donors (Lipinski definition) is 2. The summed E-state index contributed by atoms with van der Waals surface area (Å²) in [4.78, 5) is 12.1. The Labute approximate surface area is 135 Å². The molecular weight excluding hydrogens is 355 g/mol. The molecule has 0 radical (unpaired) electrons.